The van der Waals surface area contributed by atoms with Gasteiger partial charge in [-0.3, -0.25) is 9.80 Å². The molecule has 1 N–H and O–H groups in total. The lowest BCUT2D eigenvalue weighted by Gasteiger charge is -2.37. The van der Waals surface area contributed by atoms with E-state index in [9.17, 15) is 4.39 Å². The zero-order valence-corrected chi connectivity index (χ0v) is 11.6. The first-order valence-electron chi connectivity index (χ1n) is 6.97. The molecular weight excluding hydrogens is 243 g/mol. The number of aliphatic hydroxyl groups excluding tert-OH is 1. The number of benzene rings is 1. The Hall–Kier alpha value is -0.970. The Morgan fingerprint density at radius 3 is 2.79 bits per heavy atom. The van der Waals surface area contributed by atoms with Crippen molar-refractivity contribution in [1.82, 2.24) is 9.80 Å². The van der Waals surface area contributed by atoms with Crippen molar-refractivity contribution in [3.63, 3.8) is 0 Å². The van der Waals surface area contributed by atoms with Gasteiger partial charge in [0.25, 0.3) is 0 Å². The van der Waals surface area contributed by atoms with E-state index >= 15 is 0 Å². The third kappa shape index (κ3) is 4.27. The minimum absolute atomic E-state index is 0.178. The summed E-state index contributed by atoms with van der Waals surface area (Å²) in [7, 11) is 2.07. The topological polar surface area (TPSA) is 26.7 Å². The lowest BCUT2D eigenvalue weighted by molar-refractivity contribution is 0.0970. The van der Waals surface area contributed by atoms with E-state index in [1.165, 1.54) is 25.0 Å². The normalized spacial score (nSPS) is 20.9. The number of nitrogens with zero attached hydrogens (tertiary/aromatic N) is 2. The van der Waals surface area contributed by atoms with Gasteiger partial charge < -0.3 is 5.11 Å². The summed E-state index contributed by atoms with van der Waals surface area (Å²) in [5.74, 6) is -0.178. The van der Waals surface area contributed by atoms with Gasteiger partial charge in [0, 0.05) is 25.7 Å². The van der Waals surface area contributed by atoms with Gasteiger partial charge in [-0.05, 0) is 44.1 Å². The number of piperidine rings is 1. The summed E-state index contributed by atoms with van der Waals surface area (Å²) < 4.78 is 12.9. The summed E-state index contributed by atoms with van der Waals surface area (Å²) in [4.78, 5) is 4.64. The monoisotopic (exact) mass is 266 g/mol. The minimum atomic E-state index is -0.178. The van der Waals surface area contributed by atoms with Crippen LogP contribution in [-0.2, 0) is 6.54 Å². The van der Waals surface area contributed by atoms with Crippen molar-refractivity contribution in [1.29, 1.82) is 0 Å². The van der Waals surface area contributed by atoms with Gasteiger partial charge in [-0.1, -0.05) is 12.1 Å². The fraction of sp³-hybridized carbons (Fsp3) is 0.600. The number of hydrogen-bond donors (Lipinski definition) is 1. The standard InChI is InChI=1S/C15H23FN2O/c1-17(9-10-19)15-3-2-8-18(12-15)11-13-4-6-14(16)7-5-13/h4-7,15,19H,2-3,8-12H2,1H3. The predicted molar refractivity (Wildman–Crippen MR) is 74.4 cm³/mol. The number of rotatable bonds is 5. The van der Waals surface area contributed by atoms with Crippen LogP contribution in [0, 0.1) is 5.82 Å². The highest BCUT2D eigenvalue weighted by atomic mass is 19.1. The zero-order valence-electron chi connectivity index (χ0n) is 11.6. The second-order valence-electron chi connectivity index (χ2n) is 5.36. The first-order valence-corrected chi connectivity index (χ1v) is 6.97. The molecule has 1 fully saturated rings. The van der Waals surface area contributed by atoms with E-state index in [1.807, 2.05) is 12.1 Å². The van der Waals surface area contributed by atoms with E-state index in [4.69, 9.17) is 5.11 Å². The molecule has 2 rings (SSSR count). The fourth-order valence-corrected chi connectivity index (χ4v) is 2.72. The quantitative estimate of drug-likeness (QED) is 0.879. The molecule has 19 heavy (non-hydrogen) atoms. The molecule has 1 heterocycles. The van der Waals surface area contributed by atoms with Crippen LogP contribution in [0.4, 0.5) is 4.39 Å². The molecule has 1 aliphatic rings. The number of hydrogen-bond acceptors (Lipinski definition) is 3. The first kappa shape index (κ1) is 14.4. The summed E-state index contributed by atoms with van der Waals surface area (Å²) in [5.41, 5.74) is 1.16. The maximum Gasteiger partial charge on any atom is 0.123 e. The van der Waals surface area contributed by atoms with Crippen molar-refractivity contribution in [3.05, 3.63) is 35.6 Å². The Morgan fingerprint density at radius 2 is 2.11 bits per heavy atom. The summed E-state index contributed by atoms with van der Waals surface area (Å²) >= 11 is 0. The van der Waals surface area contributed by atoms with Gasteiger partial charge in [-0.2, -0.15) is 0 Å². The van der Waals surface area contributed by atoms with Crippen LogP contribution in [-0.4, -0.2) is 54.2 Å². The molecule has 0 radical (unpaired) electrons. The highest BCUT2D eigenvalue weighted by Crippen LogP contribution is 2.17. The Bertz CT molecular complexity index is 382. The van der Waals surface area contributed by atoms with Crippen LogP contribution < -0.4 is 0 Å². The van der Waals surface area contributed by atoms with E-state index in [-0.39, 0.29) is 12.4 Å². The molecule has 3 nitrogen and oxygen atoms in total. The SMILES string of the molecule is CN(CCO)C1CCCN(Cc2ccc(F)cc2)C1. The molecule has 0 aliphatic carbocycles. The number of likely N-dealkylation sites (N-methyl/N-ethyl adjacent to an activating group) is 1. The minimum Gasteiger partial charge on any atom is -0.395 e. The van der Waals surface area contributed by atoms with Gasteiger partial charge in [0.15, 0.2) is 0 Å². The van der Waals surface area contributed by atoms with E-state index in [0.29, 0.717) is 6.04 Å². The lowest BCUT2D eigenvalue weighted by atomic mass is 10.0. The molecule has 0 saturated carbocycles. The van der Waals surface area contributed by atoms with Crippen LogP contribution in [0.15, 0.2) is 24.3 Å². The summed E-state index contributed by atoms with van der Waals surface area (Å²) in [6.45, 7) is 3.94. The van der Waals surface area contributed by atoms with Crippen molar-refractivity contribution >= 4 is 0 Å². The Morgan fingerprint density at radius 1 is 1.37 bits per heavy atom. The summed E-state index contributed by atoms with van der Waals surface area (Å²) in [6, 6.07) is 7.28. The number of likely N-dealkylation sites (tertiary alicyclic amines) is 1. The average Bonchev–Trinajstić information content (AvgIpc) is 2.42. The molecule has 1 atom stereocenters. The second kappa shape index (κ2) is 6.98. The molecule has 0 aromatic heterocycles. The zero-order chi connectivity index (χ0) is 13.7. The van der Waals surface area contributed by atoms with Crippen LogP contribution in [0.1, 0.15) is 18.4 Å². The van der Waals surface area contributed by atoms with E-state index in [2.05, 4.69) is 16.8 Å². The Labute approximate surface area is 114 Å². The Balaban J connectivity index is 1.88. The van der Waals surface area contributed by atoms with Crippen LogP contribution in [0.5, 0.6) is 0 Å². The van der Waals surface area contributed by atoms with E-state index in [0.717, 1.165) is 31.7 Å². The van der Waals surface area contributed by atoms with Crippen molar-refractivity contribution in [2.24, 2.45) is 0 Å². The molecular formula is C15H23FN2O. The molecule has 1 aromatic carbocycles. The summed E-state index contributed by atoms with van der Waals surface area (Å²) in [5, 5.41) is 9.00. The van der Waals surface area contributed by atoms with E-state index < -0.39 is 0 Å². The predicted octanol–water partition coefficient (Wildman–Crippen LogP) is 1.71. The molecule has 0 bridgehead atoms. The third-order valence-electron chi connectivity index (χ3n) is 3.88. The van der Waals surface area contributed by atoms with Gasteiger partial charge in [0.1, 0.15) is 5.82 Å². The largest absolute Gasteiger partial charge is 0.395 e. The molecule has 0 spiro atoms. The lowest BCUT2D eigenvalue weighted by Crippen LogP contribution is -2.46. The van der Waals surface area contributed by atoms with Gasteiger partial charge >= 0.3 is 0 Å². The fourth-order valence-electron chi connectivity index (χ4n) is 2.72. The van der Waals surface area contributed by atoms with Crippen molar-refractivity contribution in [2.45, 2.75) is 25.4 Å². The molecule has 1 aliphatic heterocycles. The highest BCUT2D eigenvalue weighted by Gasteiger charge is 2.22. The van der Waals surface area contributed by atoms with Crippen LogP contribution in [0.25, 0.3) is 0 Å². The molecule has 1 aromatic rings. The number of halogens is 1. The van der Waals surface area contributed by atoms with Crippen molar-refractivity contribution < 1.29 is 9.50 Å². The van der Waals surface area contributed by atoms with Gasteiger partial charge in [0.05, 0.1) is 6.61 Å². The van der Waals surface area contributed by atoms with Gasteiger partial charge in [0.2, 0.25) is 0 Å². The van der Waals surface area contributed by atoms with Gasteiger partial charge in [-0.25, -0.2) is 4.39 Å². The maximum absolute atomic E-state index is 12.9. The molecule has 4 heteroatoms. The first-order chi connectivity index (χ1) is 9.19. The van der Waals surface area contributed by atoms with Crippen LogP contribution >= 0.6 is 0 Å². The van der Waals surface area contributed by atoms with Crippen molar-refractivity contribution in [2.75, 3.05) is 33.3 Å². The average molecular weight is 266 g/mol. The van der Waals surface area contributed by atoms with Crippen molar-refractivity contribution in [3.8, 4) is 0 Å². The third-order valence-corrected chi connectivity index (χ3v) is 3.88. The van der Waals surface area contributed by atoms with Crippen LogP contribution in [0.3, 0.4) is 0 Å². The molecule has 1 saturated heterocycles. The molecule has 1 unspecified atom stereocenters. The van der Waals surface area contributed by atoms with Gasteiger partial charge in [-0.15, -0.1) is 0 Å². The van der Waals surface area contributed by atoms with Crippen LogP contribution in [0.2, 0.25) is 0 Å². The highest BCUT2D eigenvalue weighted by molar-refractivity contribution is 5.16. The molecule has 0 amide bonds. The molecule has 106 valence electrons. The Kier molecular flexibility index (Phi) is 5.31. The smallest absolute Gasteiger partial charge is 0.123 e. The number of aliphatic hydroxyl groups is 1. The summed E-state index contributed by atoms with van der Waals surface area (Å²) in [6.07, 6.45) is 2.37. The second-order valence-corrected chi connectivity index (χ2v) is 5.36. The van der Waals surface area contributed by atoms with E-state index in [1.54, 1.807) is 0 Å². The maximum atomic E-state index is 12.9.